The highest BCUT2D eigenvalue weighted by molar-refractivity contribution is 7.10. The van der Waals surface area contributed by atoms with E-state index in [1.54, 1.807) is 0 Å². The number of rotatable bonds is 7. The van der Waals surface area contributed by atoms with E-state index < -0.39 is 0 Å². The van der Waals surface area contributed by atoms with Crippen LogP contribution in [0.15, 0.2) is 17.5 Å². The Balaban J connectivity index is 1.85. The zero-order valence-electron chi connectivity index (χ0n) is 11.1. The van der Waals surface area contributed by atoms with Crippen LogP contribution < -0.4 is 5.32 Å². The van der Waals surface area contributed by atoms with Crippen LogP contribution in [0.1, 0.15) is 37.1 Å². The third-order valence-corrected chi connectivity index (χ3v) is 4.37. The van der Waals surface area contributed by atoms with Crippen molar-refractivity contribution in [3.63, 3.8) is 0 Å². The lowest BCUT2D eigenvalue weighted by molar-refractivity contribution is 0.341. The molecule has 1 fully saturated rings. The van der Waals surface area contributed by atoms with Gasteiger partial charge in [-0.1, -0.05) is 6.07 Å². The smallest absolute Gasteiger partial charge is 0.0445 e. The fraction of sp³-hybridized carbons (Fsp3) is 0.714. The van der Waals surface area contributed by atoms with E-state index in [2.05, 4.69) is 48.7 Å². The average Bonchev–Trinajstić information content (AvgIpc) is 2.98. The molecule has 0 aliphatic heterocycles. The van der Waals surface area contributed by atoms with Crippen molar-refractivity contribution in [1.29, 1.82) is 0 Å². The van der Waals surface area contributed by atoms with Crippen molar-refractivity contribution < 1.29 is 0 Å². The van der Waals surface area contributed by atoms with Crippen molar-refractivity contribution >= 4 is 11.3 Å². The molecule has 2 atom stereocenters. The molecule has 96 valence electrons. The Bertz CT molecular complexity index is 317. The molecule has 0 amide bonds. The number of hydrogen-bond acceptors (Lipinski definition) is 3. The molecule has 0 spiro atoms. The Kier molecular flexibility index (Phi) is 4.60. The molecule has 2 unspecified atom stereocenters. The summed E-state index contributed by atoms with van der Waals surface area (Å²) < 4.78 is 0. The molecule has 2 rings (SSSR count). The monoisotopic (exact) mass is 252 g/mol. The van der Waals surface area contributed by atoms with Gasteiger partial charge >= 0.3 is 0 Å². The molecule has 1 heterocycles. The molecule has 0 bridgehead atoms. The van der Waals surface area contributed by atoms with Gasteiger partial charge in [0.15, 0.2) is 0 Å². The van der Waals surface area contributed by atoms with Crippen molar-refractivity contribution in [2.75, 3.05) is 20.6 Å². The first-order valence-corrected chi connectivity index (χ1v) is 7.49. The summed E-state index contributed by atoms with van der Waals surface area (Å²) >= 11 is 1.89. The van der Waals surface area contributed by atoms with Gasteiger partial charge in [-0.15, -0.1) is 11.3 Å². The van der Waals surface area contributed by atoms with Gasteiger partial charge in [0.05, 0.1) is 0 Å². The van der Waals surface area contributed by atoms with Crippen LogP contribution in [-0.2, 0) is 0 Å². The molecule has 17 heavy (non-hydrogen) atoms. The van der Waals surface area contributed by atoms with Crippen LogP contribution in [0.25, 0.3) is 0 Å². The van der Waals surface area contributed by atoms with Crippen molar-refractivity contribution in [2.45, 2.75) is 38.3 Å². The fourth-order valence-electron chi connectivity index (χ4n) is 2.19. The second kappa shape index (κ2) is 5.98. The summed E-state index contributed by atoms with van der Waals surface area (Å²) in [5, 5.41) is 6.01. The van der Waals surface area contributed by atoms with E-state index in [1.807, 2.05) is 11.3 Å². The van der Waals surface area contributed by atoms with E-state index in [0.717, 1.165) is 12.5 Å². The lowest BCUT2D eigenvalue weighted by atomic mass is 10.1. The molecule has 2 nitrogen and oxygen atoms in total. The van der Waals surface area contributed by atoms with Gasteiger partial charge in [0.1, 0.15) is 0 Å². The highest BCUT2D eigenvalue weighted by atomic mass is 32.1. The lowest BCUT2D eigenvalue weighted by Gasteiger charge is -2.23. The normalized spacial score (nSPS) is 19.5. The predicted octanol–water partition coefficient (Wildman–Crippen LogP) is 3.13. The van der Waals surface area contributed by atoms with Crippen LogP contribution in [0.5, 0.6) is 0 Å². The SMILES string of the molecule is CC(CCN(C)C)NC(c1cccs1)C1CC1. The van der Waals surface area contributed by atoms with Crippen LogP contribution in [0.4, 0.5) is 0 Å². The molecule has 1 aliphatic rings. The zero-order valence-corrected chi connectivity index (χ0v) is 12.0. The summed E-state index contributed by atoms with van der Waals surface area (Å²) in [6, 6.07) is 5.65. The van der Waals surface area contributed by atoms with E-state index in [1.165, 1.54) is 24.1 Å². The van der Waals surface area contributed by atoms with Crippen molar-refractivity contribution in [1.82, 2.24) is 10.2 Å². The molecule has 0 saturated heterocycles. The average molecular weight is 252 g/mol. The molecule has 1 aromatic heterocycles. The van der Waals surface area contributed by atoms with Gasteiger partial charge in [0.25, 0.3) is 0 Å². The maximum Gasteiger partial charge on any atom is 0.0445 e. The quantitative estimate of drug-likeness (QED) is 0.802. The van der Waals surface area contributed by atoms with E-state index >= 15 is 0 Å². The summed E-state index contributed by atoms with van der Waals surface area (Å²) in [7, 11) is 4.29. The minimum absolute atomic E-state index is 0.602. The van der Waals surface area contributed by atoms with Crippen LogP contribution in [0.2, 0.25) is 0 Å². The number of hydrogen-bond donors (Lipinski definition) is 1. The first-order chi connectivity index (χ1) is 8.16. The molecular formula is C14H24N2S. The molecule has 0 radical (unpaired) electrons. The summed E-state index contributed by atoms with van der Waals surface area (Å²) in [4.78, 5) is 3.78. The van der Waals surface area contributed by atoms with E-state index in [0.29, 0.717) is 12.1 Å². The van der Waals surface area contributed by atoms with Gasteiger partial charge in [-0.25, -0.2) is 0 Å². The Labute approximate surface area is 109 Å². The summed E-state index contributed by atoms with van der Waals surface area (Å²) in [5.41, 5.74) is 0. The third kappa shape index (κ3) is 4.09. The highest BCUT2D eigenvalue weighted by Crippen LogP contribution is 2.42. The Morgan fingerprint density at radius 1 is 1.47 bits per heavy atom. The minimum Gasteiger partial charge on any atom is -0.309 e. The second-order valence-electron chi connectivity index (χ2n) is 5.49. The minimum atomic E-state index is 0.602. The van der Waals surface area contributed by atoms with Crippen LogP contribution in [0.3, 0.4) is 0 Å². The third-order valence-electron chi connectivity index (χ3n) is 3.42. The first kappa shape index (κ1) is 13.1. The van der Waals surface area contributed by atoms with E-state index in [-0.39, 0.29) is 0 Å². The topological polar surface area (TPSA) is 15.3 Å². The van der Waals surface area contributed by atoms with Crippen LogP contribution in [-0.4, -0.2) is 31.6 Å². The molecule has 0 aromatic carbocycles. The predicted molar refractivity (Wildman–Crippen MR) is 75.6 cm³/mol. The van der Waals surface area contributed by atoms with Gasteiger partial charge in [0.2, 0.25) is 0 Å². The summed E-state index contributed by atoms with van der Waals surface area (Å²) in [6.07, 6.45) is 4.02. The standard InChI is InChI=1S/C14H24N2S/c1-11(8-9-16(2)3)15-14(12-6-7-12)13-5-4-10-17-13/h4-5,10-12,14-15H,6-9H2,1-3H3. The largest absolute Gasteiger partial charge is 0.309 e. The molecule has 1 aliphatic carbocycles. The van der Waals surface area contributed by atoms with Crippen molar-refractivity contribution in [3.05, 3.63) is 22.4 Å². The first-order valence-electron chi connectivity index (χ1n) is 6.61. The number of nitrogens with zero attached hydrogens (tertiary/aromatic N) is 1. The molecular weight excluding hydrogens is 228 g/mol. The summed E-state index contributed by atoms with van der Waals surface area (Å²) in [6.45, 7) is 3.47. The Hall–Kier alpha value is -0.380. The van der Waals surface area contributed by atoms with Gasteiger partial charge in [-0.2, -0.15) is 0 Å². The van der Waals surface area contributed by atoms with E-state index in [4.69, 9.17) is 0 Å². The maximum absolute atomic E-state index is 3.82. The van der Waals surface area contributed by atoms with Crippen LogP contribution in [0, 0.1) is 5.92 Å². The Morgan fingerprint density at radius 2 is 2.24 bits per heavy atom. The molecule has 1 N–H and O–H groups in total. The second-order valence-corrected chi connectivity index (χ2v) is 6.47. The van der Waals surface area contributed by atoms with Crippen LogP contribution >= 0.6 is 11.3 Å². The zero-order chi connectivity index (χ0) is 12.3. The lowest BCUT2D eigenvalue weighted by Crippen LogP contribution is -2.33. The Morgan fingerprint density at radius 3 is 2.76 bits per heavy atom. The highest BCUT2D eigenvalue weighted by Gasteiger charge is 2.33. The van der Waals surface area contributed by atoms with Gasteiger partial charge < -0.3 is 10.2 Å². The van der Waals surface area contributed by atoms with Crippen molar-refractivity contribution in [2.24, 2.45) is 5.92 Å². The maximum atomic E-state index is 3.82. The van der Waals surface area contributed by atoms with E-state index in [9.17, 15) is 0 Å². The number of thiophene rings is 1. The molecule has 1 saturated carbocycles. The van der Waals surface area contributed by atoms with Gasteiger partial charge in [-0.05, 0) is 64.2 Å². The molecule has 3 heteroatoms. The number of nitrogens with one attached hydrogen (secondary N) is 1. The van der Waals surface area contributed by atoms with Gasteiger partial charge in [0, 0.05) is 17.0 Å². The molecule has 1 aromatic rings. The van der Waals surface area contributed by atoms with Gasteiger partial charge in [-0.3, -0.25) is 0 Å². The fourth-order valence-corrected chi connectivity index (χ4v) is 3.07. The van der Waals surface area contributed by atoms with Crippen molar-refractivity contribution in [3.8, 4) is 0 Å². The summed E-state index contributed by atoms with van der Waals surface area (Å²) in [5.74, 6) is 0.885.